The number of nitrogens with two attached hydrogens (primary N) is 1. The van der Waals surface area contributed by atoms with Crippen LogP contribution in [0.4, 0.5) is 4.39 Å². The number of carbonyl (C=O) groups excluding carboxylic acids is 2. The molecule has 0 fully saturated rings. The van der Waals surface area contributed by atoms with Gasteiger partial charge in [0.1, 0.15) is 11.9 Å². The van der Waals surface area contributed by atoms with Gasteiger partial charge in [-0.15, -0.1) is 0 Å². The number of halogens is 2. The molecule has 0 heterocycles. The normalized spacial score (nSPS) is 11.7. The van der Waals surface area contributed by atoms with Gasteiger partial charge < -0.3 is 11.1 Å². The number of hydrogen-bond donors (Lipinski definition) is 2. The Balaban J connectivity index is 2.75. The molecule has 0 aromatic heterocycles. The summed E-state index contributed by atoms with van der Waals surface area (Å²) >= 11 is 3.10. The third-order valence-corrected chi connectivity index (χ3v) is 2.50. The molecule has 1 rings (SSSR count). The lowest BCUT2D eigenvalue weighted by Crippen LogP contribution is -2.44. The van der Waals surface area contributed by atoms with Crippen LogP contribution in [0.3, 0.4) is 0 Å². The van der Waals surface area contributed by atoms with Crippen molar-refractivity contribution < 1.29 is 14.0 Å². The quantitative estimate of drug-likeness (QED) is 0.868. The minimum absolute atomic E-state index is 0.197. The van der Waals surface area contributed by atoms with Gasteiger partial charge in [0.2, 0.25) is 5.91 Å². The molecular weight excluding hydrogens is 303 g/mol. The maximum atomic E-state index is 12.7. The van der Waals surface area contributed by atoms with Crippen LogP contribution in [-0.4, -0.2) is 17.9 Å². The average Bonchev–Trinajstić information content (AvgIpc) is 2.28. The van der Waals surface area contributed by atoms with Gasteiger partial charge in [-0.1, -0.05) is 22.5 Å². The molecule has 3 N–H and O–H groups in total. The Morgan fingerprint density at radius 3 is 2.39 bits per heavy atom. The molecule has 0 aliphatic carbocycles. The number of rotatable bonds is 5. The molecule has 18 heavy (non-hydrogen) atoms. The average molecular weight is 315 g/mol. The van der Waals surface area contributed by atoms with Crippen LogP contribution in [0.15, 0.2) is 35.3 Å². The lowest BCUT2D eigenvalue weighted by molar-refractivity contribution is -0.119. The van der Waals surface area contributed by atoms with Crippen LogP contribution in [0.25, 0.3) is 0 Å². The maximum absolute atomic E-state index is 12.7. The molecule has 1 aromatic rings. The second-order valence-corrected chi connectivity index (χ2v) is 4.78. The van der Waals surface area contributed by atoms with Gasteiger partial charge >= 0.3 is 0 Å². The zero-order valence-corrected chi connectivity index (χ0v) is 11.0. The van der Waals surface area contributed by atoms with E-state index in [4.69, 9.17) is 5.73 Å². The third-order valence-electron chi connectivity index (χ3n) is 2.18. The molecule has 6 heteroatoms. The SMILES string of the molecule is C=C(Br)C[C@@H](NC(=O)c1ccc(F)cc1)C(N)=O. The van der Waals surface area contributed by atoms with Crippen molar-refractivity contribution in [3.63, 3.8) is 0 Å². The molecule has 0 unspecified atom stereocenters. The molecule has 0 aliphatic heterocycles. The fraction of sp³-hybridized carbons (Fsp3) is 0.167. The molecule has 96 valence electrons. The van der Waals surface area contributed by atoms with E-state index in [2.05, 4.69) is 27.8 Å². The lowest BCUT2D eigenvalue weighted by atomic mass is 10.1. The molecule has 0 aliphatic rings. The summed E-state index contributed by atoms with van der Waals surface area (Å²) in [5, 5.41) is 2.46. The van der Waals surface area contributed by atoms with Crippen LogP contribution >= 0.6 is 15.9 Å². The van der Waals surface area contributed by atoms with Crippen LogP contribution in [0, 0.1) is 5.82 Å². The van der Waals surface area contributed by atoms with Crippen molar-refractivity contribution in [2.24, 2.45) is 5.73 Å². The van der Waals surface area contributed by atoms with E-state index in [1.807, 2.05) is 0 Å². The molecule has 0 saturated carbocycles. The summed E-state index contributed by atoms with van der Waals surface area (Å²) in [4.78, 5) is 22.9. The maximum Gasteiger partial charge on any atom is 0.251 e. The smallest absolute Gasteiger partial charge is 0.251 e. The number of amides is 2. The highest BCUT2D eigenvalue weighted by atomic mass is 79.9. The summed E-state index contributed by atoms with van der Waals surface area (Å²) in [6.07, 6.45) is 0.197. The zero-order chi connectivity index (χ0) is 13.7. The van der Waals surface area contributed by atoms with Crippen LogP contribution < -0.4 is 11.1 Å². The topological polar surface area (TPSA) is 72.2 Å². The van der Waals surface area contributed by atoms with Crippen molar-refractivity contribution in [3.8, 4) is 0 Å². The fourth-order valence-corrected chi connectivity index (χ4v) is 1.61. The highest BCUT2D eigenvalue weighted by molar-refractivity contribution is 9.11. The van der Waals surface area contributed by atoms with E-state index in [0.29, 0.717) is 4.48 Å². The van der Waals surface area contributed by atoms with Gasteiger partial charge in [0, 0.05) is 12.0 Å². The Morgan fingerprint density at radius 2 is 1.94 bits per heavy atom. The first-order valence-electron chi connectivity index (χ1n) is 5.09. The Labute approximate surface area is 112 Å². The molecule has 1 aromatic carbocycles. The summed E-state index contributed by atoms with van der Waals surface area (Å²) in [6, 6.07) is 4.13. The predicted octanol–water partition coefficient (Wildman–Crippen LogP) is 1.71. The van der Waals surface area contributed by atoms with Crippen molar-refractivity contribution in [1.29, 1.82) is 0 Å². The Bertz CT molecular complexity index is 473. The molecule has 0 spiro atoms. The standard InChI is InChI=1S/C12H12BrFN2O2/c1-7(13)6-10(11(15)17)16-12(18)8-2-4-9(14)5-3-8/h2-5,10H,1,6H2,(H2,15,17)(H,16,18)/t10-/m1/s1. The first kappa shape index (κ1) is 14.4. The molecule has 0 saturated heterocycles. The lowest BCUT2D eigenvalue weighted by Gasteiger charge is -2.14. The number of carbonyl (C=O) groups is 2. The Morgan fingerprint density at radius 1 is 1.39 bits per heavy atom. The van der Waals surface area contributed by atoms with Crippen molar-refractivity contribution in [3.05, 3.63) is 46.7 Å². The molecular formula is C12H12BrFN2O2. The first-order chi connectivity index (χ1) is 8.40. The highest BCUT2D eigenvalue weighted by Crippen LogP contribution is 2.11. The molecule has 0 radical (unpaired) electrons. The first-order valence-corrected chi connectivity index (χ1v) is 5.88. The van der Waals surface area contributed by atoms with Gasteiger partial charge in [-0.3, -0.25) is 9.59 Å². The van der Waals surface area contributed by atoms with Crippen molar-refractivity contribution >= 4 is 27.7 Å². The summed E-state index contributed by atoms with van der Waals surface area (Å²) in [5.41, 5.74) is 5.41. The van der Waals surface area contributed by atoms with Crippen molar-refractivity contribution in [2.75, 3.05) is 0 Å². The summed E-state index contributed by atoms with van der Waals surface area (Å²) in [5.74, 6) is -1.59. The van der Waals surface area contributed by atoms with E-state index in [1.54, 1.807) is 0 Å². The summed E-state index contributed by atoms with van der Waals surface area (Å²) in [6.45, 7) is 3.58. The molecule has 4 nitrogen and oxygen atoms in total. The van der Waals surface area contributed by atoms with E-state index < -0.39 is 23.7 Å². The number of hydrogen-bond acceptors (Lipinski definition) is 2. The van der Waals surface area contributed by atoms with Crippen molar-refractivity contribution in [1.82, 2.24) is 5.32 Å². The highest BCUT2D eigenvalue weighted by Gasteiger charge is 2.19. The van der Waals surface area contributed by atoms with Gasteiger partial charge in [0.05, 0.1) is 0 Å². The zero-order valence-electron chi connectivity index (χ0n) is 9.45. The van der Waals surface area contributed by atoms with E-state index in [1.165, 1.54) is 12.1 Å². The molecule has 0 bridgehead atoms. The van der Waals surface area contributed by atoms with E-state index >= 15 is 0 Å². The minimum atomic E-state index is -0.852. The monoisotopic (exact) mass is 314 g/mol. The molecule has 1 atom stereocenters. The van der Waals surface area contributed by atoms with Crippen LogP contribution in [0.2, 0.25) is 0 Å². The van der Waals surface area contributed by atoms with E-state index in [-0.39, 0.29) is 12.0 Å². The van der Waals surface area contributed by atoms with E-state index in [0.717, 1.165) is 12.1 Å². The van der Waals surface area contributed by atoms with Gasteiger partial charge in [0.25, 0.3) is 5.91 Å². The molecule has 2 amide bonds. The largest absolute Gasteiger partial charge is 0.368 e. The van der Waals surface area contributed by atoms with Crippen LogP contribution in [0.5, 0.6) is 0 Å². The number of nitrogens with one attached hydrogen (secondary N) is 1. The van der Waals surface area contributed by atoms with Gasteiger partial charge in [-0.25, -0.2) is 4.39 Å². The minimum Gasteiger partial charge on any atom is -0.368 e. The Hall–Kier alpha value is -1.69. The third kappa shape index (κ3) is 4.29. The van der Waals surface area contributed by atoms with E-state index in [9.17, 15) is 14.0 Å². The van der Waals surface area contributed by atoms with Crippen molar-refractivity contribution in [2.45, 2.75) is 12.5 Å². The van der Waals surface area contributed by atoms with Gasteiger partial charge in [-0.2, -0.15) is 0 Å². The number of primary amides is 1. The second-order valence-electron chi connectivity index (χ2n) is 3.66. The number of benzene rings is 1. The second kappa shape index (κ2) is 6.30. The predicted molar refractivity (Wildman–Crippen MR) is 69.5 cm³/mol. The Kier molecular flexibility index (Phi) is 5.03. The van der Waals surface area contributed by atoms with Crippen LogP contribution in [-0.2, 0) is 4.79 Å². The van der Waals surface area contributed by atoms with Gasteiger partial charge in [0.15, 0.2) is 0 Å². The fourth-order valence-electron chi connectivity index (χ4n) is 1.29. The van der Waals surface area contributed by atoms with Crippen LogP contribution in [0.1, 0.15) is 16.8 Å². The summed E-state index contributed by atoms with van der Waals surface area (Å²) in [7, 11) is 0. The van der Waals surface area contributed by atoms with Gasteiger partial charge in [-0.05, 0) is 28.7 Å². The summed E-state index contributed by atoms with van der Waals surface area (Å²) < 4.78 is 13.2.